The van der Waals surface area contributed by atoms with Crippen molar-refractivity contribution in [2.75, 3.05) is 11.8 Å². The first-order valence-electron chi connectivity index (χ1n) is 7.39. The number of sulfonamides is 1. The third-order valence-corrected chi connectivity index (χ3v) is 4.76. The molecule has 0 aromatic heterocycles. The second kappa shape index (κ2) is 7.35. The molecule has 2 N–H and O–H groups in total. The standard InChI is InChI=1S/C17H20N2O4S/c1-12-4-6-14(7-5-12)19-24(21,22)16-10-8-15(9-11-16)23-13(2)17(20)18-3/h4-11,13,19H,1-3H3,(H,18,20)/t13-/m1/s1. The summed E-state index contributed by atoms with van der Waals surface area (Å²) < 4.78 is 32.7. The number of amides is 1. The van der Waals surface area contributed by atoms with Gasteiger partial charge in [-0.05, 0) is 50.2 Å². The Morgan fingerprint density at radius 3 is 2.17 bits per heavy atom. The quantitative estimate of drug-likeness (QED) is 0.839. The lowest BCUT2D eigenvalue weighted by Gasteiger charge is -2.13. The van der Waals surface area contributed by atoms with E-state index in [4.69, 9.17) is 4.74 Å². The number of hydrogen-bond donors (Lipinski definition) is 2. The Balaban J connectivity index is 2.11. The lowest BCUT2D eigenvalue weighted by molar-refractivity contribution is -0.126. The fourth-order valence-corrected chi connectivity index (χ4v) is 3.05. The summed E-state index contributed by atoms with van der Waals surface area (Å²) in [5, 5.41) is 2.48. The summed E-state index contributed by atoms with van der Waals surface area (Å²) in [6.45, 7) is 3.54. The van der Waals surface area contributed by atoms with E-state index in [0.29, 0.717) is 11.4 Å². The molecule has 0 saturated carbocycles. The van der Waals surface area contributed by atoms with Gasteiger partial charge in [-0.2, -0.15) is 0 Å². The van der Waals surface area contributed by atoms with Crippen molar-refractivity contribution in [3.05, 3.63) is 54.1 Å². The van der Waals surface area contributed by atoms with Crippen LogP contribution in [0.5, 0.6) is 5.75 Å². The largest absolute Gasteiger partial charge is 0.481 e. The van der Waals surface area contributed by atoms with E-state index in [1.165, 1.54) is 31.3 Å². The number of aryl methyl sites for hydroxylation is 1. The smallest absolute Gasteiger partial charge is 0.261 e. The van der Waals surface area contributed by atoms with Crippen LogP contribution in [0.25, 0.3) is 0 Å². The highest BCUT2D eigenvalue weighted by Crippen LogP contribution is 2.20. The first-order chi connectivity index (χ1) is 11.3. The zero-order valence-corrected chi connectivity index (χ0v) is 14.6. The molecule has 2 aromatic rings. The Bertz CT molecular complexity index is 799. The minimum atomic E-state index is -3.68. The van der Waals surface area contributed by atoms with Gasteiger partial charge in [0.15, 0.2) is 6.10 Å². The van der Waals surface area contributed by atoms with Crippen molar-refractivity contribution >= 4 is 21.6 Å². The molecule has 1 amide bonds. The third kappa shape index (κ3) is 4.48. The number of ether oxygens (including phenoxy) is 1. The van der Waals surface area contributed by atoms with E-state index in [-0.39, 0.29) is 10.8 Å². The van der Waals surface area contributed by atoms with Gasteiger partial charge in [0.05, 0.1) is 4.90 Å². The summed E-state index contributed by atoms with van der Waals surface area (Å²) in [4.78, 5) is 11.5. The van der Waals surface area contributed by atoms with Crippen LogP contribution < -0.4 is 14.8 Å². The molecule has 0 unspecified atom stereocenters. The summed E-state index contributed by atoms with van der Waals surface area (Å²) in [6, 6.07) is 13.0. The van der Waals surface area contributed by atoms with Crippen LogP contribution in [-0.4, -0.2) is 27.5 Å². The van der Waals surface area contributed by atoms with Crippen LogP contribution in [0.15, 0.2) is 53.4 Å². The van der Waals surface area contributed by atoms with Crippen molar-refractivity contribution in [3.63, 3.8) is 0 Å². The Labute approximate surface area is 141 Å². The normalized spacial score (nSPS) is 12.3. The molecule has 2 rings (SSSR count). The predicted molar refractivity (Wildman–Crippen MR) is 92.6 cm³/mol. The molecule has 0 fully saturated rings. The number of benzene rings is 2. The molecule has 0 aliphatic carbocycles. The highest BCUT2D eigenvalue weighted by atomic mass is 32.2. The number of anilines is 1. The molecule has 0 radical (unpaired) electrons. The molecule has 0 saturated heterocycles. The van der Waals surface area contributed by atoms with Gasteiger partial charge in [-0.25, -0.2) is 8.42 Å². The van der Waals surface area contributed by atoms with Crippen LogP contribution in [0.4, 0.5) is 5.69 Å². The monoisotopic (exact) mass is 348 g/mol. The van der Waals surface area contributed by atoms with Crippen LogP contribution in [0.2, 0.25) is 0 Å². The molecule has 0 aliphatic heterocycles. The summed E-state index contributed by atoms with van der Waals surface area (Å²) in [7, 11) is -2.15. The van der Waals surface area contributed by atoms with Crippen molar-refractivity contribution in [1.82, 2.24) is 5.32 Å². The first kappa shape index (κ1) is 17.8. The molecule has 6 nitrogen and oxygen atoms in total. The molecule has 128 valence electrons. The highest BCUT2D eigenvalue weighted by Gasteiger charge is 2.16. The molecule has 7 heteroatoms. The molecule has 0 aliphatic rings. The van der Waals surface area contributed by atoms with E-state index in [0.717, 1.165) is 5.56 Å². The van der Waals surface area contributed by atoms with Gasteiger partial charge in [-0.15, -0.1) is 0 Å². The number of hydrogen-bond acceptors (Lipinski definition) is 4. The van der Waals surface area contributed by atoms with E-state index in [2.05, 4.69) is 10.0 Å². The second-order valence-corrected chi connectivity index (χ2v) is 7.00. The zero-order valence-electron chi connectivity index (χ0n) is 13.7. The van der Waals surface area contributed by atoms with Gasteiger partial charge in [0.25, 0.3) is 15.9 Å². The number of carbonyl (C=O) groups is 1. The average Bonchev–Trinajstić information content (AvgIpc) is 2.56. The minimum Gasteiger partial charge on any atom is -0.481 e. The van der Waals surface area contributed by atoms with E-state index >= 15 is 0 Å². The highest BCUT2D eigenvalue weighted by molar-refractivity contribution is 7.92. The van der Waals surface area contributed by atoms with Gasteiger partial charge in [-0.3, -0.25) is 9.52 Å². The summed E-state index contributed by atoms with van der Waals surface area (Å²) >= 11 is 0. The number of nitrogens with one attached hydrogen (secondary N) is 2. The maximum Gasteiger partial charge on any atom is 0.261 e. The van der Waals surface area contributed by atoms with E-state index in [1.807, 2.05) is 19.1 Å². The Kier molecular flexibility index (Phi) is 5.46. The molecule has 24 heavy (non-hydrogen) atoms. The van der Waals surface area contributed by atoms with Crippen molar-refractivity contribution in [3.8, 4) is 5.75 Å². The lowest BCUT2D eigenvalue weighted by Crippen LogP contribution is -2.33. The Morgan fingerprint density at radius 1 is 1.04 bits per heavy atom. The third-order valence-electron chi connectivity index (χ3n) is 3.37. The Morgan fingerprint density at radius 2 is 1.62 bits per heavy atom. The fourth-order valence-electron chi connectivity index (χ4n) is 1.99. The molecule has 0 bridgehead atoms. The van der Waals surface area contributed by atoms with Gasteiger partial charge in [0, 0.05) is 12.7 Å². The van der Waals surface area contributed by atoms with Crippen LogP contribution in [0.1, 0.15) is 12.5 Å². The van der Waals surface area contributed by atoms with Crippen LogP contribution in [0, 0.1) is 6.92 Å². The molecular weight excluding hydrogens is 328 g/mol. The average molecular weight is 348 g/mol. The Hall–Kier alpha value is -2.54. The van der Waals surface area contributed by atoms with E-state index < -0.39 is 16.1 Å². The predicted octanol–water partition coefficient (Wildman–Crippen LogP) is 2.31. The van der Waals surface area contributed by atoms with Crippen molar-refractivity contribution in [2.24, 2.45) is 0 Å². The molecule has 2 aromatic carbocycles. The van der Waals surface area contributed by atoms with Crippen LogP contribution >= 0.6 is 0 Å². The van der Waals surface area contributed by atoms with Gasteiger partial charge >= 0.3 is 0 Å². The van der Waals surface area contributed by atoms with Gasteiger partial charge in [0.1, 0.15) is 5.75 Å². The van der Waals surface area contributed by atoms with Crippen LogP contribution in [-0.2, 0) is 14.8 Å². The fraction of sp³-hybridized carbons (Fsp3) is 0.235. The van der Waals surface area contributed by atoms with E-state index in [1.54, 1.807) is 19.1 Å². The summed E-state index contributed by atoms with van der Waals surface area (Å²) in [5.41, 5.74) is 1.54. The van der Waals surface area contributed by atoms with Crippen molar-refractivity contribution in [1.29, 1.82) is 0 Å². The van der Waals surface area contributed by atoms with Gasteiger partial charge < -0.3 is 10.1 Å². The molecule has 0 spiro atoms. The molecule has 0 heterocycles. The topological polar surface area (TPSA) is 84.5 Å². The maximum atomic E-state index is 12.4. The first-order valence-corrected chi connectivity index (χ1v) is 8.88. The summed E-state index contributed by atoms with van der Waals surface area (Å²) in [5.74, 6) is 0.160. The van der Waals surface area contributed by atoms with Crippen molar-refractivity contribution < 1.29 is 17.9 Å². The SMILES string of the molecule is CNC(=O)[C@@H](C)Oc1ccc(S(=O)(=O)Nc2ccc(C)cc2)cc1. The second-order valence-electron chi connectivity index (χ2n) is 5.32. The number of likely N-dealkylation sites (N-methyl/N-ethyl adjacent to an activating group) is 1. The van der Waals surface area contributed by atoms with E-state index in [9.17, 15) is 13.2 Å². The molecular formula is C17H20N2O4S. The maximum absolute atomic E-state index is 12.4. The van der Waals surface area contributed by atoms with Crippen LogP contribution in [0.3, 0.4) is 0 Å². The van der Waals surface area contributed by atoms with Gasteiger partial charge in [0.2, 0.25) is 0 Å². The number of carbonyl (C=O) groups excluding carboxylic acids is 1. The number of rotatable bonds is 6. The lowest BCUT2D eigenvalue weighted by atomic mass is 10.2. The van der Waals surface area contributed by atoms with Crippen molar-refractivity contribution in [2.45, 2.75) is 24.8 Å². The minimum absolute atomic E-state index is 0.114. The molecule has 1 atom stereocenters. The van der Waals surface area contributed by atoms with Gasteiger partial charge in [-0.1, -0.05) is 17.7 Å². The summed E-state index contributed by atoms with van der Waals surface area (Å²) in [6.07, 6.45) is -0.664. The zero-order chi connectivity index (χ0) is 17.7.